The summed E-state index contributed by atoms with van der Waals surface area (Å²) in [5.41, 5.74) is 0. The molecule has 0 aliphatic carbocycles. The van der Waals surface area contributed by atoms with Crippen LogP contribution in [0, 0.1) is 0 Å². The Labute approximate surface area is 97.1 Å². The van der Waals surface area contributed by atoms with E-state index in [9.17, 15) is 18.0 Å². The third-order valence-electron chi connectivity index (χ3n) is 0.549. The molecule has 0 atom stereocenters. The van der Waals surface area contributed by atoms with Crippen LogP contribution >= 0.6 is 0 Å². The standard InChI is InChI=1S/C4H4O7S.Na.H/c5-3(6)1-2-4(7)11-12(8,9)10;;/h1-2H,(H,5,6)(H,8,9,10);;/q;+1;-1/b2-1-;;. The maximum absolute atomic E-state index is 10.3. The van der Waals surface area contributed by atoms with E-state index in [-0.39, 0.29) is 31.0 Å². The summed E-state index contributed by atoms with van der Waals surface area (Å²) in [6.45, 7) is 0. The van der Waals surface area contributed by atoms with Gasteiger partial charge in [-0.3, -0.25) is 4.55 Å². The van der Waals surface area contributed by atoms with Gasteiger partial charge in [-0.05, 0) is 0 Å². The normalized spacial score (nSPS) is 10.5. The molecule has 70 valence electrons. The second-order valence-corrected chi connectivity index (χ2v) is 2.52. The number of carbonyl (C=O) groups is 2. The minimum absolute atomic E-state index is 0. The number of hydrogen-bond acceptors (Lipinski definition) is 5. The van der Waals surface area contributed by atoms with E-state index in [0.29, 0.717) is 12.2 Å². The molecule has 0 aromatic rings. The third-order valence-corrected chi connectivity index (χ3v) is 0.924. The molecule has 0 spiro atoms. The van der Waals surface area contributed by atoms with Crippen molar-refractivity contribution in [2.45, 2.75) is 0 Å². The molecule has 0 amide bonds. The van der Waals surface area contributed by atoms with E-state index < -0.39 is 22.3 Å². The molecule has 0 aromatic heterocycles. The molecule has 0 aliphatic heterocycles. The molecule has 9 heteroatoms. The monoisotopic (exact) mass is 220 g/mol. The first-order chi connectivity index (χ1) is 5.31. The molecule has 0 aromatic carbocycles. The minimum atomic E-state index is -4.86. The van der Waals surface area contributed by atoms with Gasteiger partial charge >= 0.3 is 51.9 Å². The Hall–Kier alpha value is -0.410. The van der Waals surface area contributed by atoms with E-state index in [2.05, 4.69) is 4.18 Å². The smallest absolute Gasteiger partial charge is 1.00 e. The van der Waals surface area contributed by atoms with Gasteiger partial charge in [0.15, 0.2) is 0 Å². The fraction of sp³-hybridized carbons (Fsp3) is 0. The van der Waals surface area contributed by atoms with Crippen molar-refractivity contribution in [3.05, 3.63) is 12.2 Å². The van der Waals surface area contributed by atoms with E-state index in [4.69, 9.17) is 9.66 Å². The van der Waals surface area contributed by atoms with Gasteiger partial charge in [-0.1, -0.05) is 0 Å². The van der Waals surface area contributed by atoms with E-state index in [1.807, 2.05) is 0 Å². The van der Waals surface area contributed by atoms with Crippen LogP contribution in [0.3, 0.4) is 0 Å². The summed E-state index contributed by atoms with van der Waals surface area (Å²) in [5, 5.41) is 7.95. The predicted molar refractivity (Wildman–Crippen MR) is 35.5 cm³/mol. The molecule has 0 unspecified atom stereocenters. The molecule has 0 aliphatic rings. The van der Waals surface area contributed by atoms with Crippen LogP contribution in [0.1, 0.15) is 1.43 Å². The van der Waals surface area contributed by atoms with Crippen molar-refractivity contribution < 1.29 is 62.8 Å². The van der Waals surface area contributed by atoms with Crippen molar-refractivity contribution in [2.24, 2.45) is 0 Å². The zero-order valence-corrected chi connectivity index (χ0v) is 9.32. The topological polar surface area (TPSA) is 118 Å². The van der Waals surface area contributed by atoms with Gasteiger partial charge in [-0.25, -0.2) is 9.59 Å². The maximum atomic E-state index is 10.3. The largest absolute Gasteiger partial charge is 1.00 e. The molecular weight excluding hydrogens is 215 g/mol. The van der Waals surface area contributed by atoms with Crippen molar-refractivity contribution in [1.82, 2.24) is 0 Å². The summed E-state index contributed by atoms with van der Waals surface area (Å²) in [5.74, 6) is -2.93. The van der Waals surface area contributed by atoms with E-state index in [1.54, 1.807) is 0 Å². The zero-order chi connectivity index (χ0) is 9.78. The van der Waals surface area contributed by atoms with Crippen molar-refractivity contribution in [3.8, 4) is 0 Å². The Morgan fingerprint density at radius 1 is 1.31 bits per heavy atom. The van der Waals surface area contributed by atoms with E-state index >= 15 is 0 Å². The van der Waals surface area contributed by atoms with Crippen molar-refractivity contribution >= 4 is 22.3 Å². The van der Waals surface area contributed by atoms with Crippen LogP contribution in [0.2, 0.25) is 0 Å². The van der Waals surface area contributed by atoms with Gasteiger partial charge in [-0.15, -0.1) is 0 Å². The first-order valence-corrected chi connectivity index (χ1v) is 3.79. The molecule has 0 heterocycles. The Morgan fingerprint density at radius 2 is 1.77 bits per heavy atom. The van der Waals surface area contributed by atoms with E-state index in [0.717, 1.165) is 0 Å². The van der Waals surface area contributed by atoms with Crippen LogP contribution in [0.4, 0.5) is 0 Å². The van der Waals surface area contributed by atoms with E-state index in [1.165, 1.54) is 0 Å². The van der Waals surface area contributed by atoms with Crippen molar-refractivity contribution in [1.29, 1.82) is 0 Å². The van der Waals surface area contributed by atoms with Crippen molar-refractivity contribution in [3.63, 3.8) is 0 Å². The summed E-state index contributed by atoms with van der Waals surface area (Å²) in [6.07, 6.45) is 0.712. The Bertz CT molecular complexity index is 321. The molecule has 0 rings (SSSR count). The van der Waals surface area contributed by atoms with Crippen LogP contribution in [-0.2, 0) is 24.2 Å². The second-order valence-electron chi connectivity index (χ2n) is 1.50. The quantitative estimate of drug-likeness (QED) is 0.283. The molecule has 13 heavy (non-hydrogen) atoms. The minimum Gasteiger partial charge on any atom is -1.00 e. The Kier molecular flexibility index (Phi) is 7.08. The van der Waals surface area contributed by atoms with Gasteiger partial charge in [-0.2, -0.15) is 8.42 Å². The van der Waals surface area contributed by atoms with Gasteiger partial charge in [0.1, 0.15) is 0 Å². The summed E-state index contributed by atoms with van der Waals surface area (Å²) >= 11 is 0. The predicted octanol–water partition coefficient (Wildman–Crippen LogP) is -3.91. The van der Waals surface area contributed by atoms with Gasteiger partial charge in [0, 0.05) is 12.2 Å². The number of carboxylic acids is 1. The van der Waals surface area contributed by atoms with Crippen molar-refractivity contribution in [2.75, 3.05) is 0 Å². The molecule has 0 radical (unpaired) electrons. The van der Waals surface area contributed by atoms with Crippen LogP contribution in [-0.4, -0.2) is 30.0 Å². The van der Waals surface area contributed by atoms with Gasteiger partial charge in [0.25, 0.3) is 0 Å². The van der Waals surface area contributed by atoms with Gasteiger partial charge in [0.05, 0.1) is 0 Å². The summed E-state index contributed by atoms with van der Waals surface area (Å²) in [4.78, 5) is 20.0. The average molecular weight is 220 g/mol. The number of carbonyl (C=O) groups excluding carboxylic acids is 1. The number of hydrogen-bond donors (Lipinski definition) is 2. The number of carboxylic acid groups (broad SMARTS) is 1. The molecule has 2 N–H and O–H groups in total. The van der Waals surface area contributed by atoms with Crippen LogP contribution < -0.4 is 29.6 Å². The number of rotatable bonds is 3. The fourth-order valence-electron chi connectivity index (χ4n) is 0.271. The first-order valence-electron chi connectivity index (χ1n) is 2.43. The van der Waals surface area contributed by atoms with Gasteiger partial charge < -0.3 is 10.7 Å². The van der Waals surface area contributed by atoms with Crippen LogP contribution in [0.25, 0.3) is 0 Å². The SMILES string of the molecule is O=C(O)/C=C\C(=O)OS(=O)(=O)O.[H-].[Na+]. The Morgan fingerprint density at radius 3 is 2.08 bits per heavy atom. The molecule has 7 nitrogen and oxygen atoms in total. The Balaban J connectivity index is -0.000000605. The fourth-order valence-corrected chi connectivity index (χ4v) is 0.534. The molecule has 0 saturated carbocycles. The van der Waals surface area contributed by atoms with Gasteiger partial charge in [0.2, 0.25) is 0 Å². The second kappa shape index (κ2) is 6.11. The average Bonchev–Trinajstić information content (AvgIpc) is 1.79. The molecule has 0 fully saturated rings. The third kappa shape index (κ3) is 11.6. The first kappa shape index (κ1) is 15.1. The molecule has 0 bridgehead atoms. The molecular formula is C4H5NaO7S. The summed E-state index contributed by atoms with van der Waals surface area (Å²) in [7, 11) is -4.86. The number of aliphatic carboxylic acids is 1. The van der Waals surface area contributed by atoms with Crippen LogP contribution in [0.5, 0.6) is 0 Å². The summed E-state index contributed by atoms with van der Waals surface area (Å²) in [6, 6.07) is 0. The maximum Gasteiger partial charge on any atom is 1.00 e. The zero-order valence-electron chi connectivity index (χ0n) is 7.50. The molecule has 0 saturated heterocycles. The summed E-state index contributed by atoms with van der Waals surface area (Å²) < 4.78 is 30.9. The van der Waals surface area contributed by atoms with Crippen LogP contribution in [0.15, 0.2) is 12.2 Å².